The number of unbranched alkanes of at least 4 members (excludes halogenated alkanes) is 2. The average molecular weight is 434 g/mol. The molecule has 3 aromatic rings. The number of hydrogen-bond donors (Lipinski definition) is 3. The highest BCUT2D eigenvalue weighted by atomic mass is 16.5. The molecule has 1 atom stereocenters. The molecule has 0 spiro atoms. The van der Waals surface area contributed by atoms with Crippen LogP contribution in [-0.4, -0.2) is 40.6 Å². The lowest BCUT2D eigenvalue weighted by Crippen LogP contribution is -2.22. The fraction of sp³-hybridized carbons (Fsp3) is 0.333. The number of ether oxygens (including phenoxy) is 1. The van der Waals surface area contributed by atoms with Gasteiger partial charge >= 0.3 is 0 Å². The van der Waals surface area contributed by atoms with Crippen LogP contribution < -0.4 is 21.5 Å². The van der Waals surface area contributed by atoms with E-state index in [1.54, 1.807) is 13.3 Å². The maximum Gasteiger partial charge on any atom is 0.185 e. The summed E-state index contributed by atoms with van der Waals surface area (Å²) < 4.78 is 5.40. The molecule has 0 saturated carbocycles. The zero-order valence-electron chi connectivity index (χ0n) is 18.7. The van der Waals surface area contributed by atoms with Gasteiger partial charge in [0.1, 0.15) is 11.6 Å². The van der Waals surface area contributed by atoms with E-state index in [2.05, 4.69) is 27.2 Å². The van der Waals surface area contributed by atoms with E-state index in [0.717, 1.165) is 53.8 Å². The van der Waals surface area contributed by atoms with Crippen LogP contribution in [0.4, 0.5) is 5.82 Å². The number of rotatable bonds is 11. The summed E-state index contributed by atoms with van der Waals surface area (Å²) in [5.41, 5.74) is 12.4. The number of nitrogens with one attached hydrogen (secondary N) is 1. The maximum atomic E-state index is 5.40. The third-order valence-corrected chi connectivity index (χ3v) is 4.98. The Hall–Kier alpha value is -3.68. The summed E-state index contributed by atoms with van der Waals surface area (Å²) in [5.74, 6) is 2.34. The Labute approximate surface area is 188 Å². The Morgan fingerprint density at radius 1 is 1.12 bits per heavy atom. The van der Waals surface area contributed by atoms with E-state index < -0.39 is 0 Å². The lowest BCUT2D eigenvalue weighted by atomic mass is 10.1. The van der Waals surface area contributed by atoms with Crippen LogP contribution in [0.15, 0.2) is 47.6 Å². The molecule has 8 heteroatoms. The Morgan fingerprint density at radius 2 is 2.00 bits per heavy atom. The molecule has 32 heavy (non-hydrogen) atoms. The lowest BCUT2D eigenvalue weighted by Gasteiger charge is -2.17. The van der Waals surface area contributed by atoms with Crippen molar-refractivity contribution in [1.82, 2.24) is 15.0 Å². The van der Waals surface area contributed by atoms with Crippen LogP contribution in [0.2, 0.25) is 0 Å². The topological polar surface area (TPSA) is 124 Å². The van der Waals surface area contributed by atoms with Gasteiger partial charge in [0.15, 0.2) is 11.8 Å². The van der Waals surface area contributed by atoms with Crippen molar-refractivity contribution in [3.63, 3.8) is 0 Å². The number of nitrogens with zero attached hydrogens (tertiary/aromatic N) is 4. The van der Waals surface area contributed by atoms with Gasteiger partial charge in [-0.1, -0.05) is 18.9 Å². The van der Waals surface area contributed by atoms with E-state index in [1.807, 2.05) is 48.6 Å². The van der Waals surface area contributed by atoms with E-state index in [4.69, 9.17) is 21.2 Å². The van der Waals surface area contributed by atoms with Crippen molar-refractivity contribution in [2.45, 2.75) is 38.6 Å². The highest BCUT2D eigenvalue weighted by molar-refractivity contribution is 5.91. The maximum absolute atomic E-state index is 5.40. The molecule has 2 aromatic heterocycles. The molecule has 3 rings (SSSR count). The summed E-state index contributed by atoms with van der Waals surface area (Å²) in [7, 11) is 1.66. The van der Waals surface area contributed by atoms with Crippen molar-refractivity contribution in [2.24, 2.45) is 16.5 Å². The monoisotopic (exact) mass is 433 g/mol. The molecule has 0 bridgehead atoms. The average Bonchev–Trinajstić information content (AvgIpc) is 2.80. The van der Waals surface area contributed by atoms with E-state index >= 15 is 0 Å². The van der Waals surface area contributed by atoms with Crippen LogP contribution in [0, 0.1) is 0 Å². The summed E-state index contributed by atoms with van der Waals surface area (Å²) in [6, 6.07) is 11.9. The molecule has 0 aliphatic rings. The molecule has 0 fully saturated rings. The zero-order valence-corrected chi connectivity index (χ0v) is 18.7. The number of pyridine rings is 1. The number of aliphatic imine (C=N–C) groups is 1. The number of hydrogen-bond acceptors (Lipinski definition) is 6. The van der Waals surface area contributed by atoms with Crippen molar-refractivity contribution >= 4 is 34.8 Å². The Balaban J connectivity index is 1.74. The standard InChI is InChI=1S/C24H31N7O/c1-17(8-4-3-6-15-28-24(25)26)29-23-20-16-19(32-2)11-12-21(20)30-22(31-23)13-10-18-9-5-7-14-27-18/h5,7,9-14,16-17H,3-4,6,8,15H2,1-2H3,(H4,25,26,28)(H,29,30,31). The third-order valence-electron chi connectivity index (χ3n) is 4.98. The molecule has 0 radical (unpaired) electrons. The molecular formula is C24H31N7O. The largest absolute Gasteiger partial charge is 0.497 e. The number of methoxy groups -OCH3 is 1. The highest BCUT2D eigenvalue weighted by Gasteiger charge is 2.11. The quantitative estimate of drug-likeness (QED) is 0.238. The first-order valence-corrected chi connectivity index (χ1v) is 10.8. The number of nitrogens with two attached hydrogens (primary N) is 2. The summed E-state index contributed by atoms with van der Waals surface area (Å²) >= 11 is 0. The van der Waals surface area contributed by atoms with Gasteiger partial charge in [-0.25, -0.2) is 9.97 Å². The summed E-state index contributed by atoms with van der Waals surface area (Å²) in [4.78, 5) is 17.8. The molecule has 5 N–H and O–H groups in total. The number of benzene rings is 1. The first-order valence-electron chi connectivity index (χ1n) is 10.8. The van der Waals surface area contributed by atoms with Crippen LogP contribution in [0.1, 0.15) is 44.1 Å². The minimum absolute atomic E-state index is 0.152. The second-order valence-electron chi connectivity index (χ2n) is 7.60. The molecule has 8 nitrogen and oxygen atoms in total. The number of aromatic nitrogens is 3. The van der Waals surface area contributed by atoms with Gasteiger partial charge in [0.05, 0.1) is 18.3 Å². The summed E-state index contributed by atoms with van der Waals surface area (Å²) in [6.07, 6.45) is 9.68. The normalized spacial score (nSPS) is 12.1. The van der Waals surface area contributed by atoms with Crippen molar-refractivity contribution < 1.29 is 4.74 Å². The van der Waals surface area contributed by atoms with Crippen LogP contribution in [0.5, 0.6) is 5.75 Å². The van der Waals surface area contributed by atoms with E-state index in [-0.39, 0.29) is 12.0 Å². The van der Waals surface area contributed by atoms with Crippen LogP contribution in [-0.2, 0) is 0 Å². The molecule has 168 valence electrons. The van der Waals surface area contributed by atoms with Gasteiger partial charge in [0.25, 0.3) is 0 Å². The minimum atomic E-state index is 0.152. The van der Waals surface area contributed by atoms with Gasteiger partial charge in [-0.2, -0.15) is 0 Å². The third kappa shape index (κ3) is 6.94. The van der Waals surface area contributed by atoms with Gasteiger partial charge in [0, 0.05) is 24.2 Å². The lowest BCUT2D eigenvalue weighted by molar-refractivity contribution is 0.415. The molecule has 1 unspecified atom stereocenters. The smallest absolute Gasteiger partial charge is 0.185 e. The molecule has 0 aliphatic heterocycles. The van der Waals surface area contributed by atoms with Crippen molar-refractivity contribution in [3.05, 3.63) is 54.1 Å². The van der Waals surface area contributed by atoms with Gasteiger partial charge in [-0.05, 0) is 62.2 Å². The van der Waals surface area contributed by atoms with Gasteiger partial charge in [0.2, 0.25) is 0 Å². The molecule has 0 saturated heterocycles. The van der Waals surface area contributed by atoms with Gasteiger partial charge < -0.3 is 21.5 Å². The summed E-state index contributed by atoms with van der Waals surface area (Å²) in [5, 5.41) is 4.49. The fourth-order valence-corrected chi connectivity index (χ4v) is 3.32. The fourth-order valence-electron chi connectivity index (χ4n) is 3.32. The molecular weight excluding hydrogens is 402 g/mol. The van der Waals surface area contributed by atoms with Crippen molar-refractivity contribution in [1.29, 1.82) is 0 Å². The Bertz CT molecular complexity index is 1060. The number of fused-ring (bicyclic) bond motifs is 1. The van der Waals surface area contributed by atoms with Gasteiger partial charge in [-0.3, -0.25) is 9.98 Å². The van der Waals surface area contributed by atoms with E-state index in [0.29, 0.717) is 12.4 Å². The number of guanidine groups is 1. The Morgan fingerprint density at radius 3 is 2.75 bits per heavy atom. The SMILES string of the molecule is COc1ccc2nc(C=Cc3ccccn3)nc(NC(C)CCCCCN=C(N)N)c2c1. The second-order valence-corrected chi connectivity index (χ2v) is 7.60. The highest BCUT2D eigenvalue weighted by Crippen LogP contribution is 2.26. The Kier molecular flexibility index (Phi) is 8.36. The molecule has 1 aromatic carbocycles. The first kappa shape index (κ1) is 23.0. The molecule has 2 heterocycles. The first-order chi connectivity index (χ1) is 15.5. The van der Waals surface area contributed by atoms with Crippen LogP contribution >= 0.6 is 0 Å². The van der Waals surface area contributed by atoms with E-state index in [1.165, 1.54) is 0 Å². The molecule has 0 aliphatic carbocycles. The van der Waals surface area contributed by atoms with E-state index in [9.17, 15) is 0 Å². The minimum Gasteiger partial charge on any atom is -0.497 e. The molecule has 0 amide bonds. The predicted molar refractivity (Wildman–Crippen MR) is 131 cm³/mol. The van der Waals surface area contributed by atoms with Gasteiger partial charge in [-0.15, -0.1) is 0 Å². The second kappa shape index (κ2) is 11.6. The van der Waals surface area contributed by atoms with Crippen LogP contribution in [0.3, 0.4) is 0 Å². The van der Waals surface area contributed by atoms with Crippen LogP contribution in [0.25, 0.3) is 23.1 Å². The number of anilines is 1. The predicted octanol–water partition coefficient (Wildman–Crippen LogP) is 3.84. The van der Waals surface area contributed by atoms with Crippen molar-refractivity contribution in [2.75, 3.05) is 19.0 Å². The van der Waals surface area contributed by atoms with Crippen molar-refractivity contribution in [3.8, 4) is 5.75 Å². The summed E-state index contributed by atoms with van der Waals surface area (Å²) in [6.45, 7) is 2.83. The zero-order chi connectivity index (χ0) is 22.8.